The van der Waals surface area contributed by atoms with E-state index in [9.17, 15) is 0 Å². The van der Waals surface area contributed by atoms with Crippen LogP contribution < -0.4 is 5.32 Å². The molecule has 4 nitrogen and oxygen atoms in total. The van der Waals surface area contributed by atoms with Crippen molar-refractivity contribution in [3.05, 3.63) is 23.7 Å². The van der Waals surface area contributed by atoms with Crippen LogP contribution in [0.15, 0.2) is 12.3 Å². The Morgan fingerprint density at radius 3 is 3.12 bits per heavy atom. The number of imidazole rings is 1. The van der Waals surface area contributed by atoms with Crippen molar-refractivity contribution in [3.63, 3.8) is 0 Å². The zero-order valence-corrected chi connectivity index (χ0v) is 9.45. The molecule has 4 heteroatoms. The minimum atomic E-state index is 0.812. The first kappa shape index (κ1) is 9.78. The van der Waals surface area contributed by atoms with Gasteiger partial charge in [-0.2, -0.15) is 0 Å². The number of H-pyrrole nitrogens is 1. The van der Waals surface area contributed by atoms with E-state index in [0.29, 0.717) is 0 Å². The maximum atomic E-state index is 4.46. The number of aromatic nitrogens is 3. The number of hydrogen-bond donors (Lipinski definition) is 2. The van der Waals surface area contributed by atoms with Gasteiger partial charge in [0.15, 0.2) is 5.65 Å². The molecule has 2 heterocycles. The van der Waals surface area contributed by atoms with Gasteiger partial charge >= 0.3 is 0 Å². The summed E-state index contributed by atoms with van der Waals surface area (Å²) in [6.07, 6.45) is 4.57. The van der Waals surface area contributed by atoms with Gasteiger partial charge in [-0.3, -0.25) is 0 Å². The molecule has 16 heavy (non-hydrogen) atoms. The molecule has 3 rings (SSSR count). The molecule has 0 saturated heterocycles. The Labute approximate surface area is 94.5 Å². The number of nitrogens with zero attached hydrogens (tertiary/aromatic N) is 2. The summed E-state index contributed by atoms with van der Waals surface area (Å²) in [6, 6.07) is 2.00. The lowest BCUT2D eigenvalue weighted by Gasteiger charge is -1.99. The highest BCUT2D eigenvalue weighted by Gasteiger charge is 2.20. The van der Waals surface area contributed by atoms with E-state index in [0.717, 1.165) is 36.0 Å². The molecule has 0 aliphatic heterocycles. The van der Waals surface area contributed by atoms with Crippen molar-refractivity contribution < 1.29 is 0 Å². The zero-order valence-electron chi connectivity index (χ0n) is 9.45. The minimum Gasteiger partial charge on any atom is -0.339 e. The fraction of sp³-hybridized carbons (Fsp3) is 0.500. The smallest absolute Gasteiger partial charge is 0.178 e. The van der Waals surface area contributed by atoms with Crippen LogP contribution in [-0.2, 0) is 6.54 Å². The number of pyridine rings is 1. The molecular formula is C12H16N4. The van der Waals surface area contributed by atoms with Crippen molar-refractivity contribution in [2.24, 2.45) is 5.92 Å². The second kappa shape index (κ2) is 3.87. The van der Waals surface area contributed by atoms with Gasteiger partial charge in [-0.15, -0.1) is 0 Å². The third-order valence-electron chi connectivity index (χ3n) is 3.07. The molecule has 0 unspecified atom stereocenters. The molecule has 2 N–H and O–H groups in total. The molecule has 0 radical (unpaired) electrons. The molecule has 1 aliphatic carbocycles. The lowest BCUT2D eigenvalue weighted by Crippen LogP contribution is -2.16. The van der Waals surface area contributed by atoms with Gasteiger partial charge in [0, 0.05) is 6.20 Å². The maximum absolute atomic E-state index is 4.46. The van der Waals surface area contributed by atoms with Crippen LogP contribution >= 0.6 is 0 Å². The van der Waals surface area contributed by atoms with Gasteiger partial charge in [-0.25, -0.2) is 9.97 Å². The average Bonchev–Trinajstić information content (AvgIpc) is 2.98. The number of aryl methyl sites for hydroxylation is 1. The van der Waals surface area contributed by atoms with Crippen molar-refractivity contribution in [3.8, 4) is 0 Å². The minimum absolute atomic E-state index is 0.812. The second-order valence-corrected chi connectivity index (χ2v) is 4.58. The van der Waals surface area contributed by atoms with Crippen LogP contribution in [0.1, 0.15) is 24.2 Å². The van der Waals surface area contributed by atoms with Crippen molar-refractivity contribution in [1.29, 1.82) is 0 Å². The third-order valence-corrected chi connectivity index (χ3v) is 3.07. The van der Waals surface area contributed by atoms with E-state index in [1.165, 1.54) is 18.4 Å². The molecule has 0 aromatic carbocycles. The van der Waals surface area contributed by atoms with Crippen LogP contribution in [0.4, 0.5) is 0 Å². The van der Waals surface area contributed by atoms with Crippen molar-refractivity contribution in [2.45, 2.75) is 26.3 Å². The monoisotopic (exact) mass is 216 g/mol. The summed E-state index contributed by atoms with van der Waals surface area (Å²) in [5, 5.41) is 3.42. The number of aromatic amines is 1. The first-order valence-corrected chi connectivity index (χ1v) is 5.84. The fourth-order valence-electron chi connectivity index (χ4n) is 1.88. The summed E-state index contributed by atoms with van der Waals surface area (Å²) in [5.74, 6) is 1.89. The van der Waals surface area contributed by atoms with Crippen LogP contribution in [0, 0.1) is 12.8 Å². The lowest BCUT2D eigenvalue weighted by atomic mass is 10.3. The molecule has 1 aliphatic rings. The highest BCUT2D eigenvalue weighted by atomic mass is 15.0. The highest BCUT2D eigenvalue weighted by molar-refractivity contribution is 5.74. The standard InChI is InChI=1S/C12H16N4/c1-8-4-5-14-12-11(8)15-10(16-12)7-13-6-9-2-3-9/h4-5,9,13H,2-3,6-7H2,1H3,(H,14,15,16). The molecule has 2 aromatic rings. The lowest BCUT2D eigenvalue weighted by molar-refractivity contribution is 0.624. The molecule has 0 spiro atoms. The van der Waals surface area contributed by atoms with E-state index in [1.807, 2.05) is 6.07 Å². The van der Waals surface area contributed by atoms with E-state index < -0.39 is 0 Å². The van der Waals surface area contributed by atoms with E-state index in [2.05, 4.69) is 27.2 Å². The number of hydrogen-bond acceptors (Lipinski definition) is 3. The van der Waals surface area contributed by atoms with Crippen LogP contribution in [0.2, 0.25) is 0 Å². The molecule has 0 atom stereocenters. The normalized spacial score (nSPS) is 15.8. The van der Waals surface area contributed by atoms with Gasteiger partial charge in [0.25, 0.3) is 0 Å². The molecular weight excluding hydrogens is 200 g/mol. The summed E-state index contributed by atoms with van der Waals surface area (Å²) < 4.78 is 0. The van der Waals surface area contributed by atoms with Crippen molar-refractivity contribution >= 4 is 11.2 Å². The number of rotatable bonds is 4. The summed E-state index contributed by atoms with van der Waals surface area (Å²) in [4.78, 5) is 12.0. The van der Waals surface area contributed by atoms with Gasteiger partial charge in [-0.1, -0.05) is 0 Å². The van der Waals surface area contributed by atoms with E-state index in [1.54, 1.807) is 6.20 Å². The molecule has 1 saturated carbocycles. The summed E-state index contributed by atoms with van der Waals surface area (Å²) in [5.41, 5.74) is 3.08. The predicted octanol–water partition coefficient (Wildman–Crippen LogP) is 1.77. The third kappa shape index (κ3) is 1.93. The van der Waals surface area contributed by atoms with Crippen LogP contribution in [0.3, 0.4) is 0 Å². The second-order valence-electron chi connectivity index (χ2n) is 4.58. The largest absolute Gasteiger partial charge is 0.339 e. The van der Waals surface area contributed by atoms with E-state index in [-0.39, 0.29) is 0 Å². The first-order chi connectivity index (χ1) is 7.83. The fourth-order valence-corrected chi connectivity index (χ4v) is 1.88. The number of fused-ring (bicyclic) bond motifs is 1. The van der Waals surface area contributed by atoms with Crippen LogP contribution in [-0.4, -0.2) is 21.5 Å². The Hall–Kier alpha value is -1.42. The summed E-state index contributed by atoms with van der Waals surface area (Å²) in [7, 11) is 0. The number of nitrogens with one attached hydrogen (secondary N) is 2. The van der Waals surface area contributed by atoms with Gasteiger partial charge in [0.05, 0.1) is 12.1 Å². The summed E-state index contributed by atoms with van der Waals surface area (Å²) >= 11 is 0. The first-order valence-electron chi connectivity index (χ1n) is 5.84. The zero-order chi connectivity index (χ0) is 11.0. The maximum Gasteiger partial charge on any atom is 0.178 e. The molecule has 2 aromatic heterocycles. The molecule has 1 fully saturated rings. The Kier molecular flexibility index (Phi) is 2.36. The molecule has 0 amide bonds. The molecule has 84 valence electrons. The Bertz CT molecular complexity index is 499. The predicted molar refractivity (Wildman–Crippen MR) is 63.1 cm³/mol. The van der Waals surface area contributed by atoms with Crippen LogP contribution in [0.25, 0.3) is 11.2 Å². The Balaban J connectivity index is 1.73. The Morgan fingerprint density at radius 1 is 1.50 bits per heavy atom. The average molecular weight is 216 g/mol. The van der Waals surface area contributed by atoms with Crippen LogP contribution in [0.5, 0.6) is 0 Å². The topological polar surface area (TPSA) is 53.6 Å². The quantitative estimate of drug-likeness (QED) is 0.819. The van der Waals surface area contributed by atoms with Gasteiger partial charge in [0.2, 0.25) is 0 Å². The summed E-state index contributed by atoms with van der Waals surface area (Å²) in [6.45, 7) is 4.00. The van der Waals surface area contributed by atoms with Gasteiger partial charge in [-0.05, 0) is 43.9 Å². The van der Waals surface area contributed by atoms with E-state index in [4.69, 9.17) is 0 Å². The van der Waals surface area contributed by atoms with Crippen molar-refractivity contribution in [1.82, 2.24) is 20.3 Å². The van der Waals surface area contributed by atoms with E-state index >= 15 is 0 Å². The SMILES string of the molecule is Cc1ccnc2nc(CNCC3CC3)[nH]c12. The van der Waals surface area contributed by atoms with Gasteiger partial charge in [0.1, 0.15) is 5.82 Å². The molecule has 0 bridgehead atoms. The Morgan fingerprint density at radius 2 is 2.38 bits per heavy atom. The van der Waals surface area contributed by atoms with Gasteiger partial charge < -0.3 is 10.3 Å². The van der Waals surface area contributed by atoms with Crippen molar-refractivity contribution in [2.75, 3.05) is 6.54 Å². The highest BCUT2D eigenvalue weighted by Crippen LogP contribution is 2.27.